The van der Waals surface area contributed by atoms with Gasteiger partial charge in [-0.2, -0.15) is 12.7 Å². The van der Waals surface area contributed by atoms with Crippen molar-refractivity contribution in [1.82, 2.24) is 4.31 Å². The molecule has 0 spiro atoms. The summed E-state index contributed by atoms with van der Waals surface area (Å²) in [5.74, 6) is 5.69. The Kier molecular flexibility index (Phi) is 5.23. The maximum Gasteiger partial charge on any atom is 0.301 e. The fraction of sp³-hybridized carbons (Fsp3) is 0.467. The first kappa shape index (κ1) is 15.8. The zero-order chi connectivity index (χ0) is 15.3. The van der Waals surface area contributed by atoms with E-state index in [0.29, 0.717) is 30.3 Å². The molecule has 0 amide bonds. The van der Waals surface area contributed by atoms with Crippen LogP contribution in [-0.2, 0) is 10.2 Å². The molecule has 2 rings (SSSR count). The molecule has 21 heavy (non-hydrogen) atoms. The highest BCUT2D eigenvalue weighted by Gasteiger charge is 2.26. The summed E-state index contributed by atoms with van der Waals surface area (Å²) < 4.78 is 28.8. The van der Waals surface area contributed by atoms with Gasteiger partial charge in [-0.05, 0) is 37.0 Å². The molecule has 114 valence electrons. The van der Waals surface area contributed by atoms with Crippen LogP contribution in [0.1, 0.15) is 25.3 Å². The first-order chi connectivity index (χ1) is 10.0. The fourth-order valence-corrected chi connectivity index (χ4v) is 3.75. The largest absolute Gasteiger partial charge is 0.384 e. The predicted molar refractivity (Wildman–Crippen MR) is 82.9 cm³/mol. The topological polar surface area (TPSA) is 69.6 Å². The lowest BCUT2D eigenvalue weighted by atomic mass is 10.0. The number of rotatable bonds is 3. The highest BCUT2D eigenvalue weighted by Crippen LogP contribution is 2.20. The molecule has 2 N–H and O–H groups in total. The number of nitrogens with one attached hydrogen (secondary N) is 1. The first-order valence-corrected chi connectivity index (χ1v) is 8.43. The summed E-state index contributed by atoms with van der Waals surface area (Å²) in [6.07, 6.45) is 1.96. The quantitative estimate of drug-likeness (QED) is 0.830. The van der Waals surface area contributed by atoms with Crippen molar-refractivity contribution in [3.05, 3.63) is 29.8 Å². The minimum atomic E-state index is -3.52. The molecule has 0 aliphatic carbocycles. The Hall–Kier alpha value is -1.55. The van der Waals surface area contributed by atoms with Gasteiger partial charge in [0.15, 0.2) is 0 Å². The minimum absolute atomic E-state index is 0.221. The minimum Gasteiger partial charge on any atom is -0.384 e. The number of benzene rings is 1. The Balaban J connectivity index is 2.13. The van der Waals surface area contributed by atoms with E-state index in [2.05, 4.69) is 23.5 Å². The molecular weight excluding hydrogens is 288 g/mol. The fourth-order valence-electron chi connectivity index (χ4n) is 2.38. The van der Waals surface area contributed by atoms with Gasteiger partial charge in [0.25, 0.3) is 0 Å². The Morgan fingerprint density at radius 3 is 3.00 bits per heavy atom. The molecule has 1 unspecified atom stereocenters. The molecule has 1 aliphatic rings. The van der Waals surface area contributed by atoms with E-state index >= 15 is 0 Å². The number of hydrogen-bond acceptors (Lipinski definition) is 3. The van der Waals surface area contributed by atoms with E-state index in [1.54, 1.807) is 24.3 Å². The van der Waals surface area contributed by atoms with Crippen molar-refractivity contribution in [2.45, 2.75) is 19.8 Å². The summed E-state index contributed by atoms with van der Waals surface area (Å²) in [6.45, 7) is 2.96. The molecule has 1 aromatic rings. The van der Waals surface area contributed by atoms with E-state index in [0.717, 1.165) is 12.8 Å². The van der Waals surface area contributed by atoms with Crippen LogP contribution < -0.4 is 4.72 Å². The van der Waals surface area contributed by atoms with Crippen LogP contribution in [0.15, 0.2) is 24.3 Å². The van der Waals surface area contributed by atoms with Gasteiger partial charge in [0.2, 0.25) is 0 Å². The van der Waals surface area contributed by atoms with Crippen molar-refractivity contribution in [1.29, 1.82) is 0 Å². The Labute approximate surface area is 126 Å². The van der Waals surface area contributed by atoms with Crippen LogP contribution in [0.5, 0.6) is 0 Å². The van der Waals surface area contributed by atoms with Crippen molar-refractivity contribution >= 4 is 15.9 Å². The molecule has 0 aromatic heterocycles. The van der Waals surface area contributed by atoms with Crippen molar-refractivity contribution in [2.24, 2.45) is 5.92 Å². The van der Waals surface area contributed by atoms with Crippen molar-refractivity contribution < 1.29 is 13.5 Å². The van der Waals surface area contributed by atoms with Crippen LogP contribution in [0.25, 0.3) is 0 Å². The lowest BCUT2D eigenvalue weighted by Crippen LogP contribution is -2.42. The van der Waals surface area contributed by atoms with Crippen LogP contribution in [0.3, 0.4) is 0 Å². The highest BCUT2D eigenvalue weighted by molar-refractivity contribution is 7.90. The zero-order valence-corrected chi connectivity index (χ0v) is 12.9. The van der Waals surface area contributed by atoms with Crippen molar-refractivity contribution in [3.8, 4) is 11.8 Å². The number of aliphatic hydroxyl groups excluding tert-OH is 1. The molecule has 1 aromatic carbocycles. The van der Waals surface area contributed by atoms with Crippen molar-refractivity contribution in [2.75, 3.05) is 24.4 Å². The second kappa shape index (κ2) is 6.94. The molecule has 0 radical (unpaired) electrons. The number of anilines is 1. The SMILES string of the molecule is CC1CCCN(S(=O)(=O)Nc2cccc(C#CCO)c2)C1. The number of aliphatic hydroxyl groups is 1. The van der Waals surface area contributed by atoms with Gasteiger partial charge in [-0.1, -0.05) is 24.8 Å². The van der Waals surface area contributed by atoms with Crippen LogP contribution >= 0.6 is 0 Å². The van der Waals surface area contributed by atoms with Crippen LogP contribution in [0.2, 0.25) is 0 Å². The van der Waals surface area contributed by atoms with E-state index in [-0.39, 0.29) is 6.61 Å². The zero-order valence-electron chi connectivity index (χ0n) is 12.0. The number of nitrogens with zero attached hydrogens (tertiary/aromatic N) is 1. The van der Waals surface area contributed by atoms with Gasteiger partial charge in [0.05, 0.1) is 5.69 Å². The van der Waals surface area contributed by atoms with Gasteiger partial charge in [0, 0.05) is 18.7 Å². The summed E-state index contributed by atoms with van der Waals surface area (Å²) >= 11 is 0. The summed E-state index contributed by atoms with van der Waals surface area (Å²) in [5, 5.41) is 8.69. The van der Waals surface area contributed by atoms with Gasteiger partial charge in [-0.15, -0.1) is 0 Å². The monoisotopic (exact) mass is 308 g/mol. The Morgan fingerprint density at radius 1 is 1.48 bits per heavy atom. The van der Waals surface area contributed by atoms with E-state index in [9.17, 15) is 8.42 Å². The summed E-state index contributed by atoms with van der Waals surface area (Å²) in [5.41, 5.74) is 1.15. The molecular formula is C15H20N2O3S. The maximum absolute atomic E-state index is 12.4. The van der Waals surface area contributed by atoms with Crippen LogP contribution in [0, 0.1) is 17.8 Å². The smallest absolute Gasteiger partial charge is 0.301 e. The first-order valence-electron chi connectivity index (χ1n) is 6.99. The average Bonchev–Trinajstić information content (AvgIpc) is 2.45. The Bertz CT molecular complexity index is 646. The lowest BCUT2D eigenvalue weighted by molar-refractivity contribution is 0.282. The van der Waals surface area contributed by atoms with Gasteiger partial charge < -0.3 is 5.11 Å². The van der Waals surface area contributed by atoms with E-state index in [4.69, 9.17) is 5.11 Å². The second-order valence-corrected chi connectivity index (χ2v) is 6.92. The average molecular weight is 308 g/mol. The second-order valence-electron chi connectivity index (χ2n) is 5.25. The van der Waals surface area contributed by atoms with Gasteiger partial charge in [-0.3, -0.25) is 4.72 Å². The van der Waals surface area contributed by atoms with E-state index in [1.165, 1.54) is 4.31 Å². The van der Waals surface area contributed by atoms with Crippen LogP contribution in [0.4, 0.5) is 5.69 Å². The third kappa shape index (κ3) is 4.46. The standard InChI is InChI=1S/C15H20N2O3S/c1-13-5-3-9-17(12-13)21(19,20)16-15-8-2-6-14(11-15)7-4-10-18/h2,6,8,11,13,16,18H,3,5,9-10,12H2,1H3. The Morgan fingerprint density at radius 2 is 2.29 bits per heavy atom. The summed E-state index contributed by atoms with van der Waals surface area (Å²) in [4.78, 5) is 0. The lowest BCUT2D eigenvalue weighted by Gasteiger charge is -2.30. The molecule has 1 atom stereocenters. The molecule has 0 bridgehead atoms. The molecule has 1 fully saturated rings. The van der Waals surface area contributed by atoms with E-state index in [1.807, 2.05) is 0 Å². The van der Waals surface area contributed by atoms with Gasteiger partial charge >= 0.3 is 10.2 Å². The van der Waals surface area contributed by atoms with Crippen molar-refractivity contribution in [3.63, 3.8) is 0 Å². The summed E-state index contributed by atoms with van der Waals surface area (Å²) in [6, 6.07) is 6.85. The molecule has 1 saturated heterocycles. The molecule has 1 heterocycles. The summed E-state index contributed by atoms with van der Waals surface area (Å²) in [7, 11) is -3.52. The predicted octanol–water partition coefficient (Wildman–Crippen LogP) is 1.42. The normalized spacial score (nSPS) is 19.6. The third-order valence-corrected chi connectivity index (χ3v) is 4.89. The maximum atomic E-state index is 12.4. The third-order valence-electron chi connectivity index (χ3n) is 3.38. The molecule has 1 aliphatic heterocycles. The molecule has 5 nitrogen and oxygen atoms in total. The van der Waals surface area contributed by atoms with E-state index < -0.39 is 10.2 Å². The number of hydrogen-bond donors (Lipinski definition) is 2. The molecule has 6 heteroatoms. The molecule has 0 saturated carbocycles. The van der Waals surface area contributed by atoms with Crippen LogP contribution in [-0.4, -0.2) is 37.5 Å². The van der Waals surface area contributed by atoms with Gasteiger partial charge in [-0.25, -0.2) is 0 Å². The number of piperidine rings is 1. The van der Waals surface area contributed by atoms with Gasteiger partial charge in [0.1, 0.15) is 6.61 Å². The highest BCUT2D eigenvalue weighted by atomic mass is 32.2.